The highest BCUT2D eigenvalue weighted by molar-refractivity contribution is 7.10. The number of carboxylic acid groups (broad SMARTS) is 1. The molecule has 2 heterocycles. The van der Waals surface area contributed by atoms with Crippen LogP contribution in [0.15, 0.2) is 17.5 Å². The van der Waals surface area contributed by atoms with E-state index in [-0.39, 0.29) is 12.1 Å². The molecule has 1 aliphatic heterocycles. The topological polar surface area (TPSA) is 69.6 Å². The Bertz CT molecular complexity index is 447. The molecular weight excluding hydrogens is 264 g/mol. The van der Waals surface area contributed by atoms with Crippen LogP contribution >= 0.6 is 11.3 Å². The lowest BCUT2D eigenvalue weighted by Crippen LogP contribution is -2.52. The molecule has 0 radical (unpaired) electrons. The molecule has 2 unspecified atom stereocenters. The van der Waals surface area contributed by atoms with E-state index in [0.29, 0.717) is 13.0 Å². The molecule has 1 aliphatic rings. The first-order chi connectivity index (χ1) is 9.09. The Hall–Kier alpha value is -1.56. The number of nitrogens with one attached hydrogen (secondary N) is 1. The molecule has 0 saturated carbocycles. The van der Waals surface area contributed by atoms with E-state index >= 15 is 0 Å². The molecule has 6 heteroatoms. The van der Waals surface area contributed by atoms with Gasteiger partial charge in [-0.25, -0.2) is 9.59 Å². The maximum absolute atomic E-state index is 12.2. The van der Waals surface area contributed by atoms with Crippen LogP contribution in [0.5, 0.6) is 0 Å². The van der Waals surface area contributed by atoms with Gasteiger partial charge in [0.25, 0.3) is 0 Å². The minimum Gasteiger partial charge on any atom is -0.480 e. The Morgan fingerprint density at radius 1 is 1.53 bits per heavy atom. The van der Waals surface area contributed by atoms with Crippen molar-refractivity contribution in [3.8, 4) is 0 Å². The van der Waals surface area contributed by atoms with Gasteiger partial charge in [0.15, 0.2) is 0 Å². The number of aliphatic carboxylic acids is 1. The summed E-state index contributed by atoms with van der Waals surface area (Å²) in [6.45, 7) is 2.42. The standard InChI is InChI=1S/C13H18N2O3S/c1-9(11-6-4-8-19-11)14-13(18)15-7-3-2-5-10(15)12(16)17/h4,6,8-10H,2-3,5,7H2,1H3,(H,14,18)(H,16,17). The first-order valence-corrected chi connectivity index (χ1v) is 7.31. The van der Waals surface area contributed by atoms with E-state index < -0.39 is 12.0 Å². The minimum absolute atomic E-state index is 0.0936. The fourth-order valence-corrected chi connectivity index (χ4v) is 3.04. The average molecular weight is 282 g/mol. The molecule has 2 atom stereocenters. The molecule has 5 nitrogen and oxygen atoms in total. The molecule has 1 fully saturated rings. The summed E-state index contributed by atoms with van der Waals surface area (Å²) in [4.78, 5) is 25.8. The highest BCUT2D eigenvalue weighted by atomic mass is 32.1. The lowest BCUT2D eigenvalue weighted by molar-refractivity contribution is -0.143. The van der Waals surface area contributed by atoms with Crippen molar-refractivity contribution in [1.82, 2.24) is 10.2 Å². The van der Waals surface area contributed by atoms with Crippen LogP contribution in [0.3, 0.4) is 0 Å². The van der Waals surface area contributed by atoms with E-state index in [2.05, 4.69) is 5.32 Å². The molecule has 1 aromatic rings. The second kappa shape index (κ2) is 6.06. The third-order valence-electron chi connectivity index (χ3n) is 3.36. The molecule has 2 N–H and O–H groups in total. The molecule has 2 amide bonds. The second-order valence-corrected chi connectivity index (χ2v) is 5.71. The van der Waals surface area contributed by atoms with Crippen LogP contribution in [0.2, 0.25) is 0 Å². The van der Waals surface area contributed by atoms with Gasteiger partial charge in [0.05, 0.1) is 6.04 Å². The van der Waals surface area contributed by atoms with Gasteiger partial charge in [-0.3, -0.25) is 0 Å². The number of piperidine rings is 1. The molecule has 0 bridgehead atoms. The maximum atomic E-state index is 12.2. The number of nitrogens with zero attached hydrogens (tertiary/aromatic N) is 1. The fraction of sp³-hybridized carbons (Fsp3) is 0.538. The van der Waals surface area contributed by atoms with Crippen LogP contribution in [-0.2, 0) is 4.79 Å². The van der Waals surface area contributed by atoms with Crippen molar-refractivity contribution in [3.63, 3.8) is 0 Å². The van der Waals surface area contributed by atoms with Crippen molar-refractivity contribution in [2.45, 2.75) is 38.3 Å². The van der Waals surface area contributed by atoms with E-state index in [1.807, 2.05) is 24.4 Å². The number of urea groups is 1. The lowest BCUT2D eigenvalue weighted by atomic mass is 10.0. The number of amides is 2. The zero-order valence-electron chi connectivity index (χ0n) is 10.8. The van der Waals surface area contributed by atoms with Gasteiger partial charge in [-0.2, -0.15) is 0 Å². The summed E-state index contributed by atoms with van der Waals surface area (Å²) in [6.07, 6.45) is 2.27. The number of hydrogen-bond donors (Lipinski definition) is 2. The van der Waals surface area contributed by atoms with Crippen LogP contribution in [0, 0.1) is 0 Å². The van der Waals surface area contributed by atoms with E-state index in [4.69, 9.17) is 5.11 Å². The fourth-order valence-electron chi connectivity index (χ4n) is 2.31. The molecule has 19 heavy (non-hydrogen) atoms. The SMILES string of the molecule is CC(NC(=O)N1CCCCC1C(=O)O)c1cccs1. The largest absolute Gasteiger partial charge is 0.480 e. The van der Waals surface area contributed by atoms with E-state index in [9.17, 15) is 9.59 Å². The van der Waals surface area contributed by atoms with Crippen LogP contribution in [-0.4, -0.2) is 34.6 Å². The number of thiophene rings is 1. The van der Waals surface area contributed by atoms with Crippen molar-refractivity contribution in [2.24, 2.45) is 0 Å². The van der Waals surface area contributed by atoms with E-state index in [1.54, 1.807) is 11.3 Å². The number of carbonyl (C=O) groups is 2. The Labute approximate surface area is 116 Å². The predicted molar refractivity (Wildman–Crippen MR) is 73.2 cm³/mol. The maximum Gasteiger partial charge on any atom is 0.326 e. The molecule has 0 aromatic carbocycles. The second-order valence-electron chi connectivity index (χ2n) is 4.73. The zero-order chi connectivity index (χ0) is 13.8. The summed E-state index contributed by atoms with van der Waals surface area (Å²) >= 11 is 1.58. The number of rotatable bonds is 3. The van der Waals surface area contributed by atoms with E-state index in [1.165, 1.54) is 4.90 Å². The van der Waals surface area contributed by atoms with Crippen molar-refractivity contribution < 1.29 is 14.7 Å². The Kier molecular flexibility index (Phi) is 4.42. The van der Waals surface area contributed by atoms with Gasteiger partial charge in [-0.05, 0) is 37.6 Å². The van der Waals surface area contributed by atoms with Crippen LogP contribution < -0.4 is 5.32 Å². The lowest BCUT2D eigenvalue weighted by Gasteiger charge is -2.33. The average Bonchev–Trinajstić information content (AvgIpc) is 2.92. The van der Waals surface area contributed by atoms with Gasteiger partial charge in [0, 0.05) is 11.4 Å². The van der Waals surface area contributed by atoms with Crippen molar-refractivity contribution in [1.29, 1.82) is 0 Å². The van der Waals surface area contributed by atoms with Gasteiger partial charge < -0.3 is 15.3 Å². The van der Waals surface area contributed by atoms with Crippen molar-refractivity contribution in [2.75, 3.05) is 6.54 Å². The number of hydrogen-bond acceptors (Lipinski definition) is 3. The summed E-state index contributed by atoms with van der Waals surface area (Å²) in [6, 6.07) is 2.82. The zero-order valence-corrected chi connectivity index (χ0v) is 11.7. The summed E-state index contributed by atoms with van der Waals surface area (Å²) in [7, 11) is 0. The van der Waals surface area contributed by atoms with Crippen molar-refractivity contribution >= 4 is 23.3 Å². The Balaban J connectivity index is 2.00. The van der Waals surface area contributed by atoms with Crippen molar-refractivity contribution in [3.05, 3.63) is 22.4 Å². The Morgan fingerprint density at radius 3 is 2.95 bits per heavy atom. The minimum atomic E-state index is -0.918. The van der Waals surface area contributed by atoms with Gasteiger partial charge in [-0.15, -0.1) is 11.3 Å². The molecule has 1 saturated heterocycles. The van der Waals surface area contributed by atoms with Crippen LogP contribution in [0.4, 0.5) is 4.79 Å². The quantitative estimate of drug-likeness (QED) is 0.894. The summed E-state index contributed by atoms with van der Waals surface area (Å²) in [5, 5.41) is 14.0. The van der Waals surface area contributed by atoms with Gasteiger partial charge in [-0.1, -0.05) is 6.07 Å². The van der Waals surface area contributed by atoms with Gasteiger partial charge >= 0.3 is 12.0 Å². The smallest absolute Gasteiger partial charge is 0.326 e. The molecular formula is C13H18N2O3S. The monoisotopic (exact) mass is 282 g/mol. The summed E-state index contributed by atoms with van der Waals surface area (Å²) in [5.74, 6) is -0.918. The van der Waals surface area contributed by atoms with Crippen LogP contribution in [0.1, 0.15) is 37.1 Å². The van der Waals surface area contributed by atoms with Crippen LogP contribution in [0.25, 0.3) is 0 Å². The van der Waals surface area contributed by atoms with E-state index in [0.717, 1.165) is 17.7 Å². The highest BCUT2D eigenvalue weighted by Gasteiger charge is 2.32. The molecule has 2 rings (SSSR count). The molecule has 0 spiro atoms. The Morgan fingerprint density at radius 2 is 2.32 bits per heavy atom. The highest BCUT2D eigenvalue weighted by Crippen LogP contribution is 2.21. The molecule has 1 aromatic heterocycles. The third kappa shape index (κ3) is 3.26. The summed E-state index contributed by atoms with van der Waals surface area (Å²) in [5.41, 5.74) is 0. The molecule has 0 aliphatic carbocycles. The predicted octanol–water partition coefficient (Wildman–Crippen LogP) is 2.46. The number of carboxylic acids is 1. The summed E-state index contributed by atoms with van der Waals surface area (Å²) < 4.78 is 0. The number of carbonyl (C=O) groups excluding carboxylic acids is 1. The van der Waals surface area contributed by atoms with Gasteiger partial charge in [0.1, 0.15) is 6.04 Å². The molecule has 104 valence electrons. The first-order valence-electron chi connectivity index (χ1n) is 6.43. The first kappa shape index (κ1) is 13.9. The number of likely N-dealkylation sites (tertiary alicyclic amines) is 1. The van der Waals surface area contributed by atoms with Gasteiger partial charge in [0.2, 0.25) is 0 Å². The third-order valence-corrected chi connectivity index (χ3v) is 4.41. The normalized spacial score (nSPS) is 20.9.